The number of fused-ring (bicyclic) bond motifs is 16. The SMILES string of the molecule is O=S1(=O)c2ccccc2C2(c3ccccc3-c3ccccc3-c3ccc(-c4ccc5c(c4)c4cccnc4n5-c4ccccn4)cc32)c2ccc3ccccc3c21. The van der Waals surface area contributed by atoms with Crippen molar-refractivity contribution in [2.45, 2.75) is 15.2 Å². The van der Waals surface area contributed by atoms with Crippen molar-refractivity contribution in [2.75, 3.05) is 0 Å². The minimum Gasteiger partial charge on any atom is -0.278 e. The van der Waals surface area contributed by atoms with Crippen LogP contribution in [0.2, 0.25) is 0 Å². The molecule has 5 nitrogen and oxygen atoms in total. The van der Waals surface area contributed by atoms with Crippen LogP contribution in [0.25, 0.3) is 71.9 Å². The Kier molecular flexibility index (Phi) is 6.58. The molecule has 0 saturated heterocycles. The van der Waals surface area contributed by atoms with Gasteiger partial charge in [0.15, 0.2) is 0 Å². The minimum atomic E-state index is -3.93. The van der Waals surface area contributed by atoms with Crippen molar-refractivity contribution >= 4 is 42.5 Å². The van der Waals surface area contributed by atoms with Gasteiger partial charge in [0.25, 0.3) is 0 Å². The Labute approximate surface area is 329 Å². The fraction of sp³-hybridized carbons (Fsp3) is 0.0196. The van der Waals surface area contributed by atoms with Crippen molar-refractivity contribution in [1.82, 2.24) is 14.5 Å². The zero-order valence-corrected chi connectivity index (χ0v) is 31.3. The molecule has 1 spiro atoms. The molecule has 0 bridgehead atoms. The third kappa shape index (κ3) is 4.25. The molecule has 1 unspecified atom stereocenters. The Bertz CT molecular complexity index is 3440. The van der Waals surface area contributed by atoms with E-state index < -0.39 is 15.3 Å². The van der Waals surface area contributed by atoms with E-state index in [1.165, 1.54) is 0 Å². The molecule has 10 aromatic rings. The summed E-state index contributed by atoms with van der Waals surface area (Å²) >= 11 is 0. The normalized spacial score (nSPS) is 16.1. The molecule has 57 heavy (non-hydrogen) atoms. The Morgan fingerprint density at radius 2 is 1.12 bits per heavy atom. The minimum absolute atomic E-state index is 0.335. The molecule has 0 radical (unpaired) electrons. The maximum Gasteiger partial charge on any atom is 0.207 e. The van der Waals surface area contributed by atoms with Crippen molar-refractivity contribution in [1.29, 1.82) is 0 Å². The van der Waals surface area contributed by atoms with Gasteiger partial charge in [-0.2, -0.15) is 0 Å². The van der Waals surface area contributed by atoms with Crippen LogP contribution in [0.5, 0.6) is 0 Å². The number of hydrogen-bond donors (Lipinski definition) is 0. The van der Waals surface area contributed by atoms with E-state index in [-0.39, 0.29) is 0 Å². The maximum atomic E-state index is 15.1. The lowest BCUT2D eigenvalue weighted by Crippen LogP contribution is -2.38. The second-order valence-electron chi connectivity index (χ2n) is 14.9. The lowest BCUT2D eigenvalue weighted by atomic mass is 9.62. The molecule has 7 aromatic carbocycles. The average Bonchev–Trinajstić information content (AvgIpc) is 3.55. The summed E-state index contributed by atoms with van der Waals surface area (Å²) < 4.78 is 32.3. The van der Waals surface area contributed by atoms with Gasteiger partial charge in [-0.25, -0.2) is 18.4 Å². The van der Waals surface area contributed by atoms with Gasteiger partial charge in [0.2, 0.25) is 9.84 Å². The van der Waals surface area contributed by atoms with Gasteiger partial charge in [-0.1, -0.05) is 127 Å². The summed E-state index contributed by atoms with van der Waals surface area (Å²) in [6.07, 6.45) is 3.63. The monoisotopic (exact) mass is 749 g/mol. The number of nitrogens with zero attached hydrogens (tertiary/aromatic N) is 3. The number of rotatable bonds is 2. The molecule has 3 aromatic heterocycles. The smallest absolute Gasteiger partial charge is 0.207 e. The van der Waals surface area contributed by atoms with Crippen molar-refractivity contribution in [3.05, 3.63) is 211 Å². The standard InChI is InChI=1S/C51H31N3O2S/c55-57(56)47-20-8-7-19-43(47)51(44-26-23-32-12-1-2-13-35(32)49(44)57)42-18-6-5-16-38(42)36-14-3-4-15-37(36)39-25-22-34(31-45(39)51)33-24-27-46-41(30-33)40-17-11-29-53-50(40)54(46)48-21-9-10-28-52-48/h1-31H. The number of benzene rings is 7. The second kappa shape index (κ2) is 11.7. The molecule has 0 amide bonds. The first-order valence-electron chi connectivity index (χ1n) is 19.1. The Morgan fingerprint density at radius 3 is 1.96 bits per heavy atom. The second-order valence-corrected chi connectivity index (χ2v) is 16.7. The van der Waals surface area contributed by atoms with Crippen molar-refractivity contribution in [3.8, 4) is 39.2 Å². The lowest BCUT2D eigenvalue weighted by Gasteiger charge is -2.43. The van der Waals surface area contributed by atoms with Crippen molar-refractivity contribution in [2.24, 2.45) is 0 Å². The number of pyridine rings is 2. The van der Waals surface area contributed by atoms with Gasteiger partial charge in [-0.3, -0.25) is 4.57 Å². The molecule has 0 fully saturated rings. The van der Waals surface area contributed by atoms with Crippen molar-refractivity contribution in [3.63, 3.8) is 0 Å². The molecule has 4 heterocycles. The van der Waals surface area contributed by atoms with Gasteiger partial charge in [0, 0.05) is 28.6 Å². The quantitative estimate of drug-likeness (QED) is 0.177. The number of hydrogen-bond acceptors (Lipinski definition) is 4. The van der Waals surface area contributed by atoms with E-state index >= 15 is 8.42 Å². The molecule has 0 N–H and O–H groups in total. The highest BCUT2D eigenvalue weighted by Gasteiger charge is 2.52. The predicted molar refractivity (Wildman–Crippen MR) is 228 cm³/mol. The molecule has 268 valence electrons. The Balaban J connectivity index is 1.22. The Morgan fingerprint density at radius 1 is 0.456 bits per heavy atom. The van der Waals surface area contributed by atoms with Crippen LogP contribution in [0.3, 0.4) is 0 Å². The first-order valence-corrected chi connectivity index (χ1v) is 20.5. The van der Waals surface area contributed by atoms with Crippen LogP contribution in [0, 0.1) is 0 Å². The zero-order chi connectivity index (χ0) is 37.9. The molecule has 12 rings (SSSR count). The summed E-state index contributed by atoms with van der Waals surface area (Å²) in [5.74, 6) is 0.811. The summed E-state index contributed by atoms with van der Waals surface area (Å²) in [5, 5.41) is 3.74. The van der Waals surface area contributed by atoms with Crippen LogP contribution in [0.15, 0.2) is 198 Å². The van der Waals surface area contributed by atoms with E-state index in [9.17, 15) is 0 Å². The maximum absolute atomic E-state index is 15.1. The summed E-state index contributed by atoms with van der Waals surface area (Å²) in [6.45, 7) is 0. The summed E-state index contributed by atoms with van der Waals surface area (Å²) in [7, 11) is -3.93. The van der Waals surface area contributed by atoms with E-state index in [4.69, 9.17) is 9.97 Å². The largest absolute Gasteiger partial charge is 0.278 e. The molecule has 0 saturated carbocycles. The van der Waals surface area contributed by atoms with E-state index in [2.05, 4.69) is 108 Å². The highest BCUT2D eigenvalue weighted by molar-refractivity contribution is 7.92. The molecule has 1 aliphatic heterocycles. The average molecular weight is 750 g/mol. The first-order chi connectivity index (χ1) is 28.0. The van der Waals surface area contributed by atoms with E-state index in [1.54, 1.807) is 6.07 Å². The van der Waals surface area contributed by atoms with Crippen LogP contribution in [-0.2, 0) is 15.3 Å². The van der Waals surface area contributed by atoms with E-state index in [1.807, 2.05) is 79.1 Å². The van der Waals surface area contributed by atoms with E-state index in [0.717, 1.165) is 94.2 Å². The first kappa shape index (κ1) is 32.1. The molecular formula is C51H31N3O2S. The summed E-state index contributed by atoms with van der Waals surface area (Å²) in [4.78, 5) is 10.2. The third-order valence-corrected chi connectivity index (χ3v) is 14.0. The Hall–Kier alpha value is -7.15. The van der Waals surface area contributed by atoms with Crippen LogP contribution < -0.4 is 0 Å². The van der Waals surface area contributed by atoms with Gasteiger partial charge < -0.3 is 0 Å². The van der Waals surface area contributed by atoms with Crippen LogP contribution in [0.1, 0.15) is 22.3 Å². The topological polar surface area (TPSA) is 64.8 Å². The highest BCUT2D eigenvalue weighted by atomic mass is 32.2. The summed E-state index contributed by atoms with van der Waals surface area (Å²) in [5.41, 5.74) is 10.9. The van der Waals surface area contributed by atoms with Gasteiger partial charge in [0.05, 0.1) is 20.7 Å². The fourth-order valence-electron chi connectivity index (χ4n) is 9.83. The lowest BCUT2D eigenvalue weighted by molar-refractivity contribution is 0.581. The predicted octanol–water partition coefficient (Wildman–Crippen LogP) is 11.6. The zero-order valence-electron chi connectivity index (χ0n) is 30.5. The van der Waals surface area contributed by atoms with Crippen LogP contribution in [0.4, 0.5) is 0 Å². The van der Waals surface area contributed by atoms with Crippen LogP contribution in [-0.4, -0.2) is 23.0 Å². The summed E-state index contributed by atoms with van der Waals surface area (Å²) in [6, 6.07) is 60.2. The van der Waals surface area contributed by atoms with Gasteiger partial charge in [-0.05, 0) is 110 Å². The fourth-order valence-corrected chi connectivity index (χ4v) is 11.8. The van der Waals surface area contributed by atoms with E-state index in [0.29, 0.717) is 9.79 Å². The molecule has 1 atom stereocenters. The van der Waals surface area contributed by atoms with Crippen molar-refractivity contribution < 1.29 is 8.42 Å². The number of sulfone groups is 1. The van der Waals surface area contributed by atoms with Gasteiger partial charge in [0.1, 0.15) is 11.5 Å². The van der Waals surface area contributed by atoms with Gasteiger partial charge in [-0.15, -0.1) is 0 Å². The third-order valence-electron chi connectivity index (χ3n) is 12.1. The molecule has 6 heteroatoms. The molecule has 2 aliphatic rings. The van der Waals surface area contributed by atoms with Crippen LogP contribution >= 0.6 is 0 Å². The highest BCUT2D eigenvalue weighted by Crippen LogP contribution is 2.60. The molecule has 1 aliphatic carbocycles. The molecular weight excluding hydrogens is 719 g/mol. The van der Waals surface area contributed by atoms with Gasteiger partial charge >= 0.3 is 0 Å². The number of aromatic nitrogens is 3.